The van der Waals surface area contributed by atoms with Gasteiger partial charge in [-0.1, -0.05) is 0 Å². The molecule has 0 spiro atoms. The van der Waals surface area contributed by atoms with E-state index < -0.39 is 6.17 Å². The molecule has 3 fully saturated rings. The van der Waals surface area contributed by atoms with Crippen molar-refractivity contribution in [1.29, 1.82) is 0 Å². The molecule has 1 N–H and O–H groups in total. The third kappa shape index (κ3) is 1.24. The summed E-state index contributed by atoms with van der Waals surface area (Å²) in [4.78, 5) is 13.6. The number of nitrogens with one attached hydrogen (secondary N) is 1. The predicted molar refractivity (Wildman–Crippen MR) is 49.4 cm³/mol. The summed E-state index contributed by atoms with van der Waals surface area (Å²) in [6.45, 7) is 3.75. The summed E-state index contributed by atoms with van der Waals surface area (Å²) < 4.78 is 12.7. The van der Waals surface area contributed by atoms with Crippen molar-refractivity contribution in [3.8, 4) is 0 Å². The Morgan fingerprint density at radius 2 is 1.86 bits per heavy atom. The van der Waals surface area contributed by atoms with Crippen molar-refractivity contribution in [3.05, 3.63) is 0 Å². The van der Waals surface area contributed by atoms with Gasteiger partial charge in [0.2, 0.25) is 5.91 Å². The Kier molecular flexibility index (Phi) is 1.81. The molecular weight excluding hydrogens is 183 g/mol. The first-order valence-electron chi connectivity index (χ1n) is 5.39. The van der Waals surface area contributed by atoms with Gasteiger partial charge in [-0.05, 0) is 18.3 Å². The standard InChI is InChI=1S/C10H15FN2O/c11-9-1-8(9)10(14)13-4-6-2-12-3-7(6)5-13/h6-9,12H,1-5H2/t6?,7?,8-,9+/m1/s1. The topological polar surface area (TPSA) is 32.3 Å². The number of likely N-dealkylation sites (tertiary alicyclic amines) is 1. The zero-order chi connectivity index (χ0) is 9.71. The normalized spacial score (nSPS) is 45.4. The molecule has 14 heavy (non-hydrogen) atoms. The number of nitrogens with zero attached hydrogens (tertiary/aromatic N) is 1. The maximum absolute atomic E-state index is 12.7. The van der Waals surface area contributed by atoms with Gasteiger partial charge in [0.1, 0.15) is 6.17 Å². The third-order valence-corrected chi connectivity index (χ3v) is 3.73. The number of amides is 1. The second kappa shape index (κ2) is 2.92. The van der Waals surface area contributed by atoms with E-state index in [-0.39, 0.29) is 11.8 Å². The molecule has 3 aliphatic rings. The van der Waals surface area contributed by atoms with Gasteiger partial charge in [-0.25, -0.2) is 4.39 Å². The van der Waals surface area contributed by atoms with Crippen LogP contribution in [0.4, 0.5) is 4.39 Å². The fraction of sp³-hybridized carbons (Fsp3) is 0.900. The molecule has 1 saturated carbocycles. The second-order valence-electron chi connectivity index (χ2n) is 4.78. The lowest BCUT2D eigenvalue weighted by Gasteiger charge is -2.16. The molecule has 0 aromatic rings. The van der Waals surface area contributed by atoms with Crippen LogP contribution in [-0.4, -0.2) is 43.2 Å². The number of fused-ring (bicyclic) bond motifs is 1. The van der Waals surface area contributed by atoms with Gasteiger partial charge in [0.05, 0.1) is 5.92 Å². The molecule has 0 bridgehead atoms. The Morgan fingerprint density at radius 3 is 2.36 bits per heavy atom. The molecule has 0 aromatic heterocycles. The van der Waals surface area contributed by atoms with Gasteiger partial charge >= 0.3 is 0 Å². The minimum absolute atomic E-state index is 0.0619. The summed E-state index contributed by atoms with van der Waals surface area (Å²) in [6.07, 6.45) is -0.385. The zero-order valence-electron chi connectivity index (χ0n) is 8.08. The van der Waals surface area contributed by atoms with Crippen LogP contribution in [0, 0.1) is 17.8 Å². The van der Waals surface area contributed by atoms with Crippen LogP contribution in [0.2, 0.25) is 0 Å². The highest BCUT2D eigenvalue weighted by molar-refractivity contribution is 5.82. The lowest BCUT2D eigenvalue weighted by Crippen LogP contribution is -2.33. The molecule has 4 heteroatoms. The Bertz CT molecular complexity index is 259. The van der Waals surface area contributed by atoms with Crippen molar-refractivity contribution in [3.63, 3.8) is 0 Å². The van der Waals surface area contributed by atoms with Crippen molar-refractivity contribution in [2.75, 3.05) is 26.2 Å². The van der Waals surface area contributed by atoms with Crippen molar-refractivity contribution >= 4 is 5.91 Å². The first-order valence-corrected chi connectivity index (χ1v) is 5.39. The molecular formula is C10H15FN2O. The molecule has 2 saturated heterocycles. The second-order valence-corrected chi connectivity index (χ2v) is 4.78. The Balaban J connectivity index is 1.62. The molecule has 0 radical (unpaired) electrons. The van der Waals surface area contributed by atoms with Crippen molar-refractivity contribution in [2.24, 2.45) is 17.8 Å². The van der Waals surface area contributed by atoms with Gasteiger partial charge < -0.3 is 10.2 Å². The minimum Gasteiger partial charge on any atom is -0.342 e. The molecule has 2 aliphatic heterocycles. The summed E-state index contributed by atoms with van der Waals surface area (Å²) in [5.74, 6) is 1.01. The first-order chi connectivity index (χ1) is 6.75. The van der Waals surface area contributed by atoms with Crippen LogP contribution >= 0.6 is 0 Å². The highest BCUT2D eigenvalue weighted by Crippen LogP contribution is 2.37. The van der Waals surface area contributed by atoms with Gasteiger partial charge in [-0.3, -0.25) is 4.79 Å². The number of halogens is 1. The number of carbonyl (C=O) groups is 1. The summed E-state index contributed by atoms with van der Waals surface area (Å²) in [5, 5.41) is 3.33. The fourth-order valence-corrected chi connectivity index (χ4v) is 2.69. The van der Waals surface area contributed by atoms with Crippen LogP contribution in [0.3, 0.4) is 0 Å². The Morgan fingerprint density at radius 1 is 1.29 bits per heavy atom. The molecule has 2 heterocycles. The van der Waals surface area contributed by atoms with E-state index in [1.807, 2.05) is 4.90 Å². The van der Waals surface area contributed by atoms with E-state index in [4.69, 9.17) is 0 Å². The molecule has 78 valence electrons. The number of alkyl halides is 1. The average Bonchev–Trinajstić information content (AvgIpc) is 2.62. The number of hydrogen-bond donors (Lipinski definition) is 1. The van der Waals surface area contributed by atoms with Crippen LogP contribution in [0.25, 0.3) is 0 Å². The number of rotatable bonds is 1. The predicted octanol–water partition coefficient (Wildman–Crippen LogP) is 0.0222. The quantitative estimate of drug-likeness (QED) is 0.644. The third-order valence-electron chi connectivity index (χ3n) is 3.73. The van der Waals surface area contributed by atoms with Gasteiger partial charge in [0.25, 0.3) is 0 Å². The minimum atomic E-state index is -0.846. The van der Waals surface area contributed by atoms with Gasteiger partial charge in [0, 0.05) is 26.2 Å². The SMILES string of the molecule is O=C([C@@H]1C[C@@H]1F)N1CC2CNCC2C1. The van der Waals surface area contributed by atoms with E-state index in [1.54, 1.807) is 0 Å². The smallest absolute Gasteiger partial charge is 0.228 e. The highest BCUT2D eigenvalue weighted by Gasteiger charge is 2.48. The Hall–Kier alpha value is -0.640. The molecule has 1 aliphatic carbocycles. The highest BCUT2D eigenvalue weighted by atomic mass is 19.1. The lowest BCUT2D eigenvalue weighted by molar-refractivity contribution is -0.132. The molecule has 1 amide bonds. The molecule has 4 atom stereocenters. The van der Waals surface area contributed by atoms with E-state index in [0.29, 0.717) is 18.3 Å². The van der Waals surface area contributed by atoms with Gasteiger partial charge in [-0.2, -0.15) is 0 Å². The van der Waals surface area contributed by atoms with Crippen molar-refractivity contribution in [2.45, 2.75) is 12.6 Å². The Labute approximate surface area is 82.6 Å². The van der Waals surface area contributed by atoms with Crippen LogP contribution < -0.4 is 5.32 Å². The summed E-state index contributed by atoms with van der Waals surface area (Å²) >= 11 is 0. The maximum Gasteiger partial charge on any atom is 0.228 e. The molecule has 3 rings (SSSR count). The summed E-state index contributed by atoms with van der Waals surface area (Å²) in [5.41, 5.74) is 0. The zero-order valence-corrected chi connectivity index (χ0v) is 8.08. The van der Waals surface area contributed by atoms with E-state index in [1.165, 1.54) is 0 Å². The molecule has 3 nitrogen and oxygen atoms in total. The average molecular weight is 198 g/mol. The number of carbonyl (C=O) groups excluding carboxylic acids is 1. The number of hydrogen-bond acceptors (Lipinski definition) is 2. The maximum atomic E-state index is 12.7. The van der Waals surface area contributed by atoms with Crippen LogP contribution in [-0.2, 0) is 4.79 Å². The van der Waals surface area contributed by atoms with E-state index in [0.717, 1.165) is 26.2 Å². The molecule has 2 unspecified atom stereocenters. The van der Waals surface area contributed by atoms with E-state index >= 15 is 0 Å². The van der Waals surface area contributed by atoms with Crippen molar-refractivity contribution < 1.29 is 9.18 Å². The lowest BCUT2D eigenvalue weighted by atomic mass is 10.0. The first kappa shape index (κ1) is 8.65. The fourth-order valence-electron chi connectivity index (χ4n) is 2.69. The van der Waals surface area contributed by atoms with Crippen LogP contribution in [0.5, 0.6) is 0 Å². The van der Waals surface area contributed by atoms with Gasteiger partial charge in [0.15, 0.2) is 0 Å². The molecule has 0 aromatic carbocycles. The van der Waals surface area contributed by atoms with Crippen molar-refractivity contribution in [1.82, 2.24) is 10.2 Å². The van der Waals surface area contributed by atoms with Gasteiger partial charge in [-0.15, -0.1) is 0 Å². The van der Waals surface area contributed by atoms with E-state index in [9.17, 15) is 9.18 Å². The van der Waals surface area contributed by atoms with Crippen LogP contribution in [0.15, 0.2) is 0 Å². The monoisotopic (exact) mass is 198 g/mol. The van der Waals surface area contributed by atoms with Crippen LogP contribution in [0.1, 0.15) is 6.42 Å². The summed E-state index contributed by atoms with van der Waals surface area (Å²) in [6, 6.07) is 0. The summed E-state index contributed by atoms with van der Waals surface area (Å²) in [7, 11) is 0. The van der Waals surface area contributed by atoms with E-state index in [2.05, 4.69) is 5.32 Å². The largest absolute Gasteiger partial charge is 0.342 e.